The van der Waals surface area contributed by atoms with Gasteiger partial charge in [0.25, 0.3) is 0 Å². The van der Waals surface area contributed by atoms with Crippen LogP contribution in [0, 0.1) is 0 Å². The summed E-state index contributed by atoms with van der Waals surface area (Å²) in [6, 6.07) is 24.5. The molecular weight excluding hydrogens is 374 g/mol. The van der Waals surface area contributed by atoms with Crippen LogP contribution in [0.25, 0.3) is 10.9 Å². The molecule has 0 radical (unpaired) electrons. The molecule has 3 aromatic carbocycles. The summed E-state index contributed by atoms with van der Waals surface area (Å²) >= 11 is 0. The van der Waals surface area contributed by atoms with Gasteiger partial charge in [0.2, 0.25) is 0 Å². The molecule has 0 aliphatic rings. The van der Waals surface area contributed by atoms with E-state index in [1.165, 1.54) is 0 Å². The van der Waals surface area contributed by atoms with E-state index in [2.05, 4.69) is 4.98 Å². The van der Waals surface area contributed by atoms with Crippen LogP contribution in [0.2, 0.25) is 0 Å². The SMILES string of the molecule is CC(C)(c1cccc(O)c1)c1cc(OCc2ccc3ccccc3n2)ccc1C=O. The van der Waals surface area contributed by atoms with E-state index in [9.17, 15) is 9.90 Å². The number of phenols is 1. The second-order valence-corrected chi connectivity index (χ2v) is 7.83. The summed E-state index contributed by atoms with van der Waals surface area (Å²) in [5.41, 5.74) is 3.63. The van der Waals surface area contributed by atoms with Crippen molar-refractivity contribution in [2.24, 2.45) is 0 Å². The Morgan fingerprint density at radius 3 is 2.60 bits per heavy atom. The number of ether oxygens (including phenoxy) is 1. The minimum atomic E-state index is -0.491. The van der Waals surface area contributed by atoms with Gasteiger partial charge in [-0.2, -0.15) is 0 Å². The lowest BCUT2D eigenvalue weighted by Gasteiger charge is -2.28. The average Bonchev–Trinajstić information content (AvgIpc) is 2.77. The Morgan fingerprint density at radius 2 is 1.80 bits per heavy atom. The summed E-state index contributed by atoms with van der Waals surface area (Å²) in [6.07, 6.45) is 0.856. The second kappa shape index (κ2) is 7.99. The second-order valence-electron chi connectivity index (χ2n) is 7.83. The molecule has 4 aromatic rings. The summed E-state index contributed by atoms with van der Waals surface area (Å²) in [4.78, 5) is 16.3. The van der Waals surface area contributed by atoms with Gasteiger partial charge in [-0.1, -0.05) is 50.2 Å². The molecule has 0 bridgehead atoms. The third-order valence-corrected chi connectivity index (χ3v) is 5.44. The van der Waals surface area contributed by atoms with Crippen LogP contribution in [0.4, 0.5) is 0 Å². The number of aromatic nitrogens is 1. The summed E-state index contributed by atoms with van der Waals surface area (Å²) in [5.74, 6) is 0.863. The summed E-state index contributed by atoms with van der Waals surface area (Å²) in [7, 11) is 0. The summed E-state index contributed by atoms with van der Waals surface area (Å²) in [5, 5.41) is 11.0. The topological polar surface area (TPSA) is 59.4 Å². The fraction of sp³-hybridized carbons (Fsp3) is 0.154. The zero-order chi connectivity index (χ0) is 21.1. The standard InChI is InChI=1S/C26H23NO3/c1-26(2,20-7-5-8-22(29)14-20)24-15-23(13-11-19(24)16-28)30-17-21-12-10-18-6-3-4-9-25(18)27-21/h3-16,29H,17H2,1-2H3. The van der Waals surface area contributed by atoms with Gasteiger partial charge in [-0.25, -0.2) is 4.98 Å². The Labute approximate surface area is 175 Å². The van der Waals surface area contributed by atoms with Crippen LogP contribution >= 0.6 is 0 Å². The van der Waals surface area contributed by atoms with Gasteiger partial charge in [0.1, 0.15) is 24.4 Å². The molecule has 0 aliphatic carbocycles. The van der Waals surface area contributed by atoms with Crippen molar-refractivity contribution < 1.29 is 14.6 Å². The van der Waals surface area contributed by atoms with E-state index in [0.29, 0.717) is 17.9 Å². The quantitative estimate of drug-likeness (QED) is 0.427. The third-order valence-electron chi connectivity index (χ3n) is 5.44. The van der Waals surface area contributed by atoms with E-state index < -0.39 is 5.41 Å². The molecule has 0 saturated carbocycles. The number of carbonyl (C=O) groups is 1. The minimum absolute atomic E-state index is 0.197. The molecule has 1 N–H and O–H groups in total. The van der Waals surface area contributed by atoms with Gasteiger partial charge in [0.05, 0.1) is 11.2 Å². The van der Waals surface area contributed by atoms with Gasteiger partial charge < -0.3 is 9.84 Å². The van der Waals surface area contributed by atoms with Crippen LogP contribution in [0.3, 0.4) is 0 Å². The molecule has 0 spiro atoms. The fourth-order valence-corrected chi connectivity index (χ4v) is 3.67. The molecule has 0 atom stereocenters. The number of pyridine rings is 1. The number of fused-ring (bicyclic) bond motifs is 1. The van der Waals surface area contributed by atoms with Crippen LogP contribution in [-0.2, 0) is 12.0 Å². The molecule has 4 heteroatoms. The van der Waals surface area contributed by atoms with Crippen molar-refractivity contribution in [3.8, 4) is 11.5 Å². The van der Waals surface area contributed by atoms with Gasteiger partial charge >= 0.3 is 0 Å². The lowest BCUT2D eigenvalue weighted by Crippen LogP contribution is -2.21. The number of hydrogen-bond acceptors (Lipinski definition) is 4. The maximum absolute atomic E-state index is 11.7. The van der Waals surface area contributed by atoms with Crippen molar-refractivity contribution in [3.05, 3.63) is 101 Å². The Bertz CT molecular complexity index is 1210. The lowest BCUT2D eigenvalue weighted by molar-refractivity contribution is 0.112. The maximum atomic E-state index is 11.7. The first-order valence-electron chi connectivity index (χ1n) is 9.84. The van der Waals surface area contributed by atoms with Crippen LogP contribution < -0.4 is 4.74 Å². The third kappa shape index (κ3) is 3.90. The molecule has 0 unspecified atom stereocenters. The molecule has 30 heavy (non-hydrogen) atoms. The fourth-order valence-electron chi connectivity index (χ4n) is 3.67. The first kappa shape index (κ1) is 19.6. The smallest absolute Gasteiger partial charge is 0.150 e. The highest BCUT2D eigenvalue weighted by Gasteiger charge is 2.27. The van der Waals surface area contributed by atoms with Crippen molar-refractivity contribution in [3.63, 3.8) is 0 Å². The molecule has 1 aromatic heterocycles. The van der Waals surface area contributed by atoms with Gasteiger partial charge in [-0.05, 0) is 53.6 Å². The van der Waals surface area contributed by atoms with Crippen molar-refractivity contribution in [2.45, 2.75) is 25.9 Å². The number of para-hydroxylation sites is 1. The lowest BCUT2D eigenvalue weighted by atomic mass is 9.76. The average molecular weight is 397 g/mol. The highest BCUT2D eigenvalue weighted by molar-refractivity contribution is 5.79. The maximum Gasteiger partial charge on any atom is 0.150 e. The van der Waals surface area contributed by atoms with Crippen molar-refractivity contribution in [1.82, 2.24) is 4.98 Å². The van der Waals surface area contributed by atoms with E-state index in [-0.39, 0.29) is 5.75 Å². The van der Waals surface area contributed by atoms with Gasteiger partial charge in [0.15, 0.2) is 0 Å². The molecule has 0 fully saturated rings. The summed E-state index contributed by atoms with van der Waals surface area (Å²) in [6.45, 7) is 4.38. The van der Waals surface area contributed by atoms with Crippen LogP contribution in [0.1, 0.15) is 41.0 Å². The number of carbonyl (C=O) groups excluding carboxylic acids is 1. The number of nitrogens with zero attached hydrogens (tertiary/aromatic N) is 1. The van der Waals surface area contributed by atoms with E-state index in [1.807, 2.05) is 62.4 Å². The van der Waals surface area contributed by atoms with E-state index in [0.717, 1.165) is 34.0 Å². The highest BCUT2D eigenvalue weighted by Crippen LogP contribution is 2.36. The number of aromatic hydroxyl groups is 1. The Balaban J connectivity index is 1.62. The number of phenolic OH excluding ortho intramolecular Hbond substituents is 1. The molecule has 0 saturated heterocycles. The Morgan fingerprint density at radius 1 is 0.967 bits per heavy atom. The first-order valence-corrected chi connectivity index (χ1v) is 9.84. The first-order chi connectivity index (χ1) is 14.5. The minimum Gasteiger partial charge on any atom is -0.508 e. The number of rotatable bonds is 6. The van der Waals surface area contributed by atoms with Crippen molar-refractivity contribution >= 4 is 17.2 Å². The zero-order valence-corrected chi connectivity index (χ0v) is 17.0. The predicted molar refractivity (Wildman–Crippen MR) is 118 cm³/mol. The number of benzene rings is 3. The van der Waals surface area contributed by atoms with Crippen LogP contribution in [-0.4, -0.2) is 16.4 Å². The van der Waals surface area contributed by atoms with Crippen molar-refractivity contribution in [2.75, 3.05) is 0 Å². The number of aldehydes is 1. The van der Waals surface area contributed by atoms with Crippen LogP contribution in [0.5, 0.6) is 11.5 Å². The molecular formula is C26H23NO3. The normalized spacial score (nSPS) is 11.4. The Hall–Kier alpha value is -3.66. The van der Waals surface area contributed by atoms with E-state index in [1.54, 1.807) is 30.3 Å². The predicted octanol–water partition coefficient (Wildman–Crippen LogP) is 5.66. The molecule has 1 heterocycles. The Kier molecular flexibility index (Phi) is 5.23. The van der Waals surface area contributed by atoms with Gasteiger partial charge in [-0.3, -0.25) is 4.79 Å². The molecule has 150 valence electrons. The van der Waals surface area contributed by atoms with Gasteiger partial charge in [0, 0.05) is 16.4 Å². The largest absolute Gasteiger partial charge is 0.508 e. The number of hydrogen-bond donors (Lipinski definition) is 1. The van der Waals surface area contributed by atoms with Crippen molar-refractivity contribution in [1.29, 1.82) is 0 Å². The van der Waals surface area contributed by atoms with E-state index >= 15 is 0 Å². The monoisotopic (exact) mass is 397 g/mol. The molecule has 4 nitrogen and oxygen atoms in total. The molecule has 4 rings (SSSR count). The zero-order valence-electron chi connectivity index (χ0n) is 17.0. The molecule has 0 aliphatic heterocycles. The van der Waals surface area contributed by atoms with Crippen LogP contribution in [0.15, 0.2) is 78.9 Å². The van der Waals surface area contributed by atoms with Gasteiger partial charge in [-0.15, -0.1) is 0 Å². The molecule has 0 amide bonds. The highest BCUT2D eigenvalue weighted by atomic mass is 16.5. The summed E-state index contributed by atoms with van der Waals surface area (Å²) < 4.78 is 6.01. The van der Waals surface area contributed by atoms with E-state index in [4.69, 9.17) is 4.74 Å².